The number of ether oxygens (including phenoxy) is 1. The number of rotatable bonds is 6. The van der Waals surface area contributed by atoms with Gasteiger partial charge in [-0.1, -0.05) is 102 Å². The van der Waals surface area contributed by atoms with Crippen molar-refractivity contribution in [2.45, 2.75) is 87.0 Å². The van der Waals surface area contributed by atoms with E-state index in [2.05, 4.69) is 200 Å². The van der Waals surface area contributed by atoms with E-state index in [4.69, 9.17) is 4.74 Å². The molecular formula is C55H53BN2O. The molecule has 0 amide bonds. The molecule has 3 nitrogen and oxygen atoms in total. The van der Waals surface area contributed by atoms with E-state index in [1.54, 1.807) is 0 Å². The van der Waals surface area contributed by atoms with Gasteiger partial charge in [-0.25, -0.2) is 0 Å². The van der Waals surface area contributed by atoms with Crippen LogP contribution in [-0.2, 0) is 0 Å². The summed E-state index contributed by atoms with van der Waals surface area (Å²) in [5.41, 5.74) is 20.4. The predicted molar refractivity (Wildman–Crippen MR) is 254 cm³/mol. The maximum absolute atomic E-state index is 7.29. The molecule has 0 fully saturated rings. The minimum Gasteiger partial charge on any atom is -0.458 e. The first-order valence-electron chi connectivity index (χ1n) is 21.5. The maximum Gasteiger partial charge on any atom is 0.251 e. The first-order valence-corrected chi connectivity index (χ1v) is 21.5. The SMILES string of the molecule is Cc1cc2c3cc(C)c(C)cc3n(-c3ccc4c(c3)Oc3cc5c6ccccc6n(-c6ccccc6)c5cc3B4c3c(C(C)C)cc(C(C)C)cc3C(C)C)c2cc1C. The summed E-state index contributed by atoms with van der Waals surface area (Å²) in [5.74, 6) is 2.96. The molecule has 0 atom stereocenters. The summed E-state index contributed by atoms with van der Waals surface area (Å²) in [6.45, 7) is 23.0. The van der Waals surface area contributed by atoms with Crippen LogP contribution < -0.4 is 21.1 Å². The number of aryl methyl sites for hydroxylation is 4. The van der Waals surface area contributed by atoms with Crippen LogP contribution in [0.2, 0.25) is 0 Å². The van der Waals surface area contributed by atoms with Gasteiger partial charge in [0.2, 0.25) is 0 Å². The van der Waals surface area contributed by atoms with Crippen LogP contribution >= 0.6 is 0 Å². The highest BCUT2D eigenvalue weighted by Gasteiger charge is 2.38. The number of fused-ring (bicyclic) bond motifs is 8. The monoisotopic (exact) mass is 768 g/mol. The summed E-state index contributed by atoms with van der Waals surface area (Å²) < 4.78 is 12.2. The molecule has 59 heavy (non-hydrogen) atoms. The van der Waals surface area contributed by atoms with Gasteiger partial charge in [-0.2, -0.15) is 0 Å². The van der Waals surface area contributed by atoms with Crippen LogP contribution in [0, 0.1) is 27.7 Å². The Balaban J connectivity index is 1.30. The van der Waals surface area contributed by atoms with E-state index in [9.17, 15) is 0 Å². The lowest BCUT2D eigenvalue weighted by Crippen LogP contribution is -2.57. The summed E-state index contributed by atoms with van der Waals surface area (Å²) >= 11 is 0. The summed E-state index contributed by atoms with van der Waals surface area (Å²) in [4.78, 5) is 0. The molecule has 0 radical (unpaired) electrons. The number of hydrogen-bond acceptors (Lipinski definition) is 1. The maximum atomic E-state index is 7.29. The minimum absolute atomic E-state index is 0.0293. The molecule has 1 aliphatic heterocycles. The molecule has 0 saturated heterocycles. The molecule has 0 aliphatic carbocycles. The Morgan fingerprint density at radius 2 is 0.949 bits per heavy atom. The summed E-state index contributed by atoms with van der Waals surface area (Å²) in [5, 5.41) is 5.00. The molecule has 2 aromatic heterocycles. The molecule has 9 aromatic rings. The first-order chi connectivity index (χ1) is 28.4. The number of benzene rings is 7. The zero-order valence-corrected chi connectivity index (χ0v) is 36.2. The van der Waals surface area contributed by atoms with Crippen molar-refractivity contribution in [2.75, 3.05) is 0 Å². The third kappa shape index (κ3) is 5.78. The Bertz CT molecular complexity index is 3070. The molecule has 0 spiro atoms. The first kappa shape index (κ1) is 37.3. The summed E-state index contributed by atoms with van der Waals surface area (Å²) in [6.07, 6.45) is 0. The average Bonchev–Trinajstić information content (AvgIpc) is 3.69. The molecule has 292 valence electrons. The second-order valence-corrected chi connectivity index (χ2v) is 18.2. The van der Waals surface area contributed by atoms with Gasteiger partial charge in [-0.05, 0) is 156 Å². The zero-order chi connectivity index (χ0) is 41.0. The van der Waals surface area contributed by atoms with E-state index in [-0.39, 0.29) is 6.71 Å². The largest absolute Gasteiger partial charge is 0.458 e. The van der Waals surface area contributed by atoms with Crippen molar-refractivity contribution < 1.29 is 4.74 Å². The van der Waals surface area contributed by atoms with Gasteiger partial charge in [0.25, 0.3) is 6.71 Å². The van der Waals surface area contributed by atoms with Crippen LogP contribution in [0.15, 0.2) is 121 Å². The second-order valence-electron chi connectivity index (χ2n) is 18.2. The molecule has 0 saturated carbocycles. The van der Waals surface area contributed by atoms with Crippen molar-refractivity contribution in [3.05, 3.63) is 160 Å². The van der Waals surface area contributed by atoms with E-state index < -0.39 is 0 Å². The van der Waals surface area contributed by atoms with Crippen molar-refractivity contribution in [1.82, 2.24) is 9.13 Å². The molecular weight excluding hydrogens is 715 g/mol. The van der Waals surface area contributed by atoms with Crippen molar-refractivity contribution in [3.8, 4) is 22.9 Å². The van der Waals surface area contributed by atoms with E-state index in [0.717, 1.165) is 22.9 Å². The molecule has 4 heteroatoms. The Morgan fingerprint density at radius 3 is 1.56 bits per heavy atom. The molecule has 7 aromatic carbocycles. The smallest absolute Gasteiger partial charge is 0.251 e. The van der Waals surface area contributed by atoms with Crippen molar-refractivity contribution >= 4 is 66.7 Å². The average molecular weight is 769 g/mol. The Morgan fingerprint density at radius 1 is 0.424 bits per heavy atom. The van der Waals surface area contributed by atoms with Gasteiger partial charge >= 0.3 is 0 Å². The minimum atomic E-state index is -0.0293. The fourth-order valence-corrected chi connectivity index (χ4v) is 9.92. The highest BCUT2D eigenvalue weighted by Crippen LogP contribution is 2.40. The van der Waals surface area contributed by atoms with Crippen LogP contribution in [0.4, 0.5) is 0 Å². The standard InChI is InChI=1S/C55H53BN2O/c1-31(2)38-26-42(32(3)4)55(43(27-38)33(5)6)56-47-21-20-40(58-50-24-36(9)34(7)22-44(50)45-23-35(8)37(10)25-51(45)58)28-53(47)59-54-29-46-41-18-14-15-19-49(41)57(52(46)30-48(54)56)39-16-12-11-13-17-39/h11-33H,1-10H3. The van der Waals surface area contributed by atoms with E-state index >= 15 is 0 Å². The highest BCUT2D eigenvalue weighted by atomic mass is 16.5. The number of para-hydroxylation sites is 2. The highest BCUT2D eigenvalue weighted by molar-refractivity contribution is 6.97. The molecule has 10 rings (SSSR count). The fraction of sp³-hybridized carbons (Fsp3) is 0.236. The number of aromatic nitrogens is 2. The van der Waals surface area contributed by atoms with Gasteiger partial charge in [0.05, 0.1) is 22.1 Å². The van der Waals surface area contributed by atoms with Crippen LogP contribution in [-0.4, -0.2) is 15.8 Å². The lowest BCUT2D eigenvalue weighted by atomic mass is 9.33. The topological polar surface area (TPSA) is 19.1 Å². The van der Waals surface area contributed by atoms with Crippen molar-refractivity contribution in [2.24, 2.45) is 0 Å². The molecule has 0 N–H and O–H groups in total. The Kier molecular flexibility index (Phi) is 8.72. The summed E-state index contributed by atoms with van der Waals surface area (Å²) in [7, 11) is 0. The van der Waals surface area contributed by atoms with Gasteiger partial charge in [-0.3, -0.25) is 0 Å². The molecule has 0 bridgehead atoms. The summed E-state index contributed by atoms with van der Waals surface area (Å²) in [6, 6.07) is 45.9. The van der Waals surface area contributed by atoms with Crippen molar-refractivity contribution in [3.63, 3.8) is 0 Å². The third-order valence-electron chi connectivity index (χ3n) is 13.4. The van der Waals surface area contributed by atoms with Gasteiger partial charge in [-0.15, -0.1) is 0 Å². The van der Waals surface area contributed by atoms with Crippen LogP contribution in [0.5, 0.6) is 11.5 Å². The van der Waals surface area contributed by atoms with Crippen LogP contribution in [0.1, 0.15) is 98.2 Å². The van der Waals surface area contributed by atoms with E-state index in [0.29, 0.717) is 17.8 Å². The van der Waals surface area contributed by atoms with Gasteiger partial charge in [0, 0.05) is 39.0 Å². The fourth-order valence-electron chi connectivity index (χ4n) is 9.92. The van der Waals surface area contributed by atoms with Gasteiger partial charge in [0.15, 0.2) is 0 Å². The number of nitrogens with zero attached hydrogens (tertiary/aromatic N) is 2. The molecule has 3 heterocycles. The second kappa shape index (κ2) is 13.8. The predicted octanol–water partition coefficient (Wildman–Crippen LogP) is 13.1. The third-order valence-corrected chi connectivity index (χ3v) is 13.4. The molecule has 0 unspecified atom stereocenters. The van der Waals surface area contributed by atoms with Crippen LogP contribution in [0.25, 0.3) is 55.0 Å². The lowest BCUT2D eigenvalue weighted by Gasteiger charge is -2.32. The van der Waals surface area contributed by atoms with E-state index in [1.165, 1.54) is 98.9 Å². The van der Waals surface area contributed by atoms with Gasteiger partial charge in [0.1, 0.15) is 11.5 Å². The lowest BCUT2D eigenvalue weighted by molar-refractivity contribution is 0.488. The van der Waals surface area contributed by atoms with Gasteiger partial charge < -0.3 is 13.9 Å². The Hall–Kier alpha value is -6.00. The Labute approximate surface area is 349 Å². The normalized spacial score (nSPS) is 12.8. The quantitative estimate of drug-likeness (QED) is 0.154. The zero-order valence-electron chi connectivity index (χ0n) is 36.2. The van der Waals surface area contributed by atoms with E-state index in [1.807, 2.05) is 0 Å². The van der Waals surface area contributed by atoms with Crippen LogP contribution in [0.3, 0.4) is 0 Å². The molecule has 1 aliphatic rings. The number of hydrogen-bond donors (Lipinski definition) is 0. The van der Waals surface area contributed by atoms with Crippen molar-refractivity contribution in [1.29, 1.82) is 0 Å².